The molecular formula is C19H16FNO4. The van der Waals surface area contributed by atoms with Crippen LogP contribution in [0.2, 0.25) is 0 Å². The van der Waals surface area contributed by atoms with Crippen LogP contribution in [0.15, 0.2) is 53.2 Å². The topological polar surface area (TPSA) is 57.1 Å². The molecule has 0 aliphatic carbocycles. The number of benzene rings is 2. The Morgan fingerprint density at radius 2 is 2.00 bits per heavy atom. The summed E-state index contributed by atoms with van der Waals surface area (Å²) in [6.07, 6.45) is 1.55. The van der Waals surface area contributed by atoms with Crippen molar-refractivity contribution < 1.29 is 23.4 Å². The summed E-state index contributed by atoms with van der Waals surface area (Å²) < 4.78 is 29.6. The third-order valence-corrected chi connectivity index (χ3v) is 3.52. The molecular weight excluding hydrogens is 325 g/mol. The second-order valence-corrected chi connectivity index (χ2v) is 5.16. The third kappa shape index (κ3) is 3.52. The second kappa shape index (κ2) is 7.17. The Morgan fingerprint density at radius 3 is 2.72 bits per heavy atom. The Balaban J connectivity index is 1.93. The van der Waals surface area contributed by atoms with Crippen molar-refractivity contribution in [2.45, 2.75) is 6.92 Å². The van der Waals surface area contributed by atoms with E-state index >= 15 is 0 Å². The number of cyclic esters (lactones) is 1. The van der Waals surface area contributed by atoms with Crippen LogP contribution in [0.3, 0.4) is 0 Å². The lowest BCUT2D eigenvalue weighted by atomic mass is 10.1. The Morgan fingerprint density at radius 1 is 1.20 bits per heavy atom. The van der Waals surface area contributed by atoms with E-state index in [0.717, 1.165) is 0 Å². The first kappa shape index (κ1) is 16.7. The van der Waals surface area contributed by atoms with Crippen LogP contribution in [0.25, 0.3) is 6.08 Å². The first-order valence-electron chi connectivity index (χ1n) is 7.70. The van der Waals surface area contributed by atoms with E-state index < -0.39 is 11.8 Å². The molecule has 0 bridgehead atoms. The Labute approximate surface area is 144 Å². The minimum absolute atomic E-state index is 0.0488. The van der Waals surface area contributed by atoms with Gasteiger partial charge in [-0.25, -0.2) is 14.2 Å². The van der Waals surface area contributed by atoms with Crippen molar-refractivity contribution in [2.75, 3.05) is 13.7 Å². The second-order valence-electron chi connectivity index (χ2n) is 5.16. The van der Waals surface area contributed by atoms with E-state index in [-0.39, 0.29) is 17.2 Å². The van der Waals surface area contributed by atoms with Crippen molar-refractivity contribution in [3.05, 3.63) is 65.1 Å². The van der Waals surface area contributed by atoms with Crippen molar-refractivity contribution in [2.24, 2.45) is 4.99 Å². The molecule has 0 unspecified atom stereocenters. The molecule has 0 amide bonds. The maximum absolute atomic E-state index is 13.8. The number of rotatable bonds is 5. The van der Waals surface area contributed by atoms with Gasteiger partial charge in [0.15, 0.2) is 17.2 Å². The molecule has 1 aliphatic rings. The SMILES string of the molecule is CCOc1ccc(/C=C2\N=C(c3ccccc3F)OC2=O)cc1OC. The van der Waals surface area contributed by atoms with Crippen LogP contribution in [-0.2, 0) is 9.53 Å². The van der Waals surface area contributed by atoms with Gasteiger partial charge in [-0.15, -0.1) is 0 Å². The van der Waals surface area contributed by atoms with Crippen molar-refractivity contribution in [3.63, 3.8) is 0 Å². The maximum Gasteiger partial charge on any atom is 0.363 e. The summed E-state index contributed by atoms with van der Waals surface area (Å²) in [6, 6.07) is 11.2. The minimum atomic E-state index is -0.633. The molecule has 25 heavy (non-hydrogen) atoms. The average molecular weight is 341 g/mol. The van der Waals surface area contributed by atoms with Gasteiger partial charge in [0, 0.05) is 0 Å². The number of methoxy groups -OCH3 is 1. The zero-order valence-corrected chi connectivity index (χ0v) is 13.8. The lowest BCUT2D eigenvalue weighted by Gasteiger charge is -2.09. The molecule has 2 aromatic rings. The fourth-order valence-corrected chi connectivity index (χ4v) is 2.37. The fraction of sp³-hybridized carbons (Fsp3) is 0.158. The van der Waals surface area contributed by atoms with E-state index in [1.807, 2.05) is 6.92 Å². The standard InChI is InChI=1S/C19H16FNO4/c1-3-24-16-9-8-12(11-17(16)23-2)10-15-19(22)25-18(21-15)13-6-4-5-7-14(13)20/h4-11H,3H2,1-2H3/b15-10-. The summed E-state index contributed by atoms with van der Waals surface area (Å²) in [6.45, 7) is 2.39. The largest absolute Gasteiger partial charge is 0.493 e. The highest BCUT2D eigenvalue weighted by molar-refractivity contribution is 6.12. The molecule has 0 radical (unpaired) electrons. The lowest BCUT2D eigenvalue weighted by Crippen LogP contribution is -2.07. The van der Waals surface area contributed by atoms with E-state index in [0.29, 0.717) is 23.7 Å². The summed E-state index contributed by atoms with van der Waals surface area (Å²) in [4.78, 5) is 16.1. The van der Waals surface area contributed by atoms with Crippen LogP contribution in [0.4, 0.5) is 4.39 Å². The van der Waals surface area contributed by atoms with Gasteiger partial charge < -0.3 is 14.2 Å². The highest BCUT2D eigenvalue weighted by Crippen LogP contribution is 2.29. The number of aliphatic imine (C=N–C) groups is 1. The number of esters is 1. The van der Waals surface area contributed by atoms with Crippen LogP contribution in [0.1, 0.15) is 18.1 Å². The molecule has 0 aromatic heterocycles. The maximum atomic E-state index is 13.8. The highest BCUT2D eigenvalue weighted by Gasteiger charge is 2.26. The lowest BCUT2D eigenvalue weighted by molar-refractivity contribution is -0.129. The van der Waals surface area contributed by atoms with Crippen LogP contribution < -0.4 is 9.47 Å². The van der Waals surface area contributed by atoms with Crippen molar-refractivity contribution in [3.8, 4) is 11.5 Å². The summed E-state index contributed by atoms with van der Waals surface area (Å²) >= 11 is 0. The molecule has 0 saturated heterocycles. The quantitative estimate of drug-likeness (QED) is 0.616. The third-order valence-electron chi connectivity index (χ3n) is 3.52. The van der Waals surface area contributed by atoms with E-state index in [4.69, 9.17) is 14.2 Å². The molecule has 128 valence electrons. The van der Waals surface area contributed by atoms with Crippen molar-refractivity contribution in [1.29, 1.82) is 0 Å². The van der Waals surface area contributed by atoms with Gasteiger partial charge in [-0.3, -0.25) is 0 Å². The van der Waals surface area contributed by atoms with Crippen molar-refractivity contribution in [1.82, 2.24) is 0 Å². The zero-order valence-electron chi connectivity index (χ0n) is 13.8. The summed E-state index contributed by atoms with van der Waals surface area (Å²) in [7, 11) is 1.53. The van der Waals surface area contributed by atoms with Gasteiger partial charge in [-0.05, 0) is 42.8 Å². The van der Waals surface area contributed by atoms with Crippen LogP contribution in [0, 0.1) is 5.82 Å². The summed E-state index contributed by atoms with van der Waals surface area (Å²) in [5.74, 6) is -0.0334. The van der Waals surface area contributed by atoms with Crippen LogP contribution in [0.5, 0.6) is 11.5 Å². The highest BCUT2D eigenvalue weighted by atomic mass is 19.1. The predicted molar refractivity (Wildman–Crippen MR) is 91.2 cm³/mol. The number of carbonyl (C=O) groups excluding carboxylic acids is 1. The predicted octanol–water partition coefficient (Wildman–Crippen LogP) is 3.58. The van der Waals surface area contributed by atoms with Gasteiger partial charge in [-0.2, -0.15) is 0 Å². The van der Waals surface area contributed by atoms with Gasteiger partial charge in [0.1, 0.15) is 5.82 Å². The van der Waals surface area contributed by atoms with Gasteiger partial charge in [0.05, 0.1) is 19.3 Å². The molecule has 2 aromatic carbocycles. The molecule has 5 nitrogen and oxygen atoms in total. The van der Waals surface area contributed by atoms with E-state index in [2.05, 4.69) is 4.99 Å². The first-order chi connectivity index (χ1) is 12.1. The van der Waals surface area contributed by atoms with Gasteiger partial charge >= 0.3 is 5.97 Å². The van der Waals surface area contributed by atoms with Crippen LogP contribution in [-0.4, -0.2) is 25.6 Å². The Kier molecular flexibility index (Phi) is 4.79. The van der Waals surface area contributed by atoms with Crippen molar-refractivity contribution >= 4 is 17.9 Å². The summed E-state index contributed by atoms with van der Waals surface area (Å²) in [5.41, 5.74) is 0.916. The van der Waals surface area contributed by atoms with E-state index in [1.165, 1.54) is 19.2 Å². The zero-order chi connectivity index (χ0) is 17.8. The van der Waals surface area contributed by atoms with Gasteiger partial charge in [0.2, 0.25) is 5.90 Å². The van der Waals surface area contributed by atoms with Gasteiger partial charge in [0.25, 0.3) is 0 Å². The fourth-order valence-electron chi connectivity index (χ4n) is 2.37. The number of hydrogen-bond donors (Lipinski definition) is 0. The molecule has 0 N–H and O–H groups in total. The Hall–Kier alpha value is -3.15. The number of carbonyl (C=O) groups is 1. The van der Waals surface area contributed by atoms with Crippen LogP contribution >= 0.6 is 0 Å². The number of ether oxygens (including phenoxy) is 3. The average Bonchev–Trinajstić information content (AvgIpc) is 2.97. The molecule has 1 heterocycles. The summed E-state index contributed by atoms with van der Waals surface area (Å²) in [5, 5.41) is 0. The monoisotopic (exact) mass is 341 g/mol. The van der Waals surface area contributed by atoms with E-state index in [9.17, 15) is 9.18 Å². The first-order valence-corrected chi connectivity index (χ1v) is 7.70. The van der Waals surface area contributed by atoms with E-state index in [1.54, 1.807) is 36.4 Å². The normalized spacial score (nSPS) is 15.1. The van der Waals surface area contributed by atoms with Gasteiger partial charge in [-0.1, -0.05) is 18.2 Å². The molecule has 6 heteroatoms. The molecule has 1 aliphatic heterocycles. The molecule has 0 saturated carbocycles. The minimum Gasteiger partial charge on any atom is -0.493 e. The smallest absolute Gasteiger partial charge is 0.363 e. The number of hydrogen-bond acceptors (Lipinski definition) is 5. The Bertz CT molecular complexity index is 873. The molecule has 0 fully saturated rings. The molecule has 0 atom stereocenters. The number of halogens is 1. The molecule has 0 spiro atoms. The molecule has 3 rings (SSSR count). The number of nitrogens with zero attached hydrogens (tertiary/aromatic N) is 1.